The van der Waals surface area contributed by atoms with E-state index >= 15 is 0 Å². The van der Waals surface area contributed by atoms with Crippen LogP contribution < -0.4 is 5.32 Å². The largest absolute Gasteiger partial charge is 0.355 e. The number of benzene rings is 2. The van der Waals surface area contributed by atoms with Gasteiger partial charge in [0, 0.05) is 16.8 Å². The van der Waals surface area contributed by atoms with E-state index in [0.717, 1.165) is 16.1 Å². The first-order chi connectivity index (χ1) is 10.7. The number of amides is 1. The van der Waals surface area contributed by atoms with Crippen LogP contribution in [-0.4, -0.2) is 19.2 Å². The number of carbonyl (C=O) groups excluding carboxylic acids is 2. The van der Waals surface area contributed by atoms with Gasteiger partial charge in [0.05, 0.1) is 9.81 Å². The third kappa shape index (κ3) is 4.51. The van der Waals surface area contributed by atoms with Crippen molar-refractivity contribution in [1.82, 2.24) is 5.32 Å². The molecule has 0 aromatic heterocycles. The molecule has 0 heterocycles. The van der Waals surface area contributed by atoms with Crippen molar-refractivity contribution in [2.45, 2.75) is 9.79 Å². The van der Waals surface area contributed by atoms with Gasteiger partial charge in [-0.15, -0.1) is 0 Å². The summed E-state index contributed by atoms with van der Waals surface area (Å²) in [6.07, 6.45) is 0.734. The summed E-state index contributed by atoms with van der Waals surface area (Å²) >= 11 is 2.58. The van der Waals surface area contributed by atoms with Crippen molar-refractivity contribution in [3.05, 3.63) is 70.5 Å². The second-order valence-corrected chi connectivity index (χ2v) is 6.42. The number of nitrogens with one attached hydrogen (secondary N) is 1. The predicted molar refractivity (Wildman–Crippen MR) is 91.8 cm³/mol. The molecule has 1 amide bonds. The molecule has 3 nitrogen and oxygen atoms in total. The molecular weight excluding hydrogens is 314 g/mol. The van der Waals surface area contributed by atoms with Crippen LogP contribution in [0.15, 0.2) is 80.3 Å². The molecule has 112 valence electrons. The molecule has 5 heteroatoms. The maximum Gasteiger partial charge on any atom is 0.259 e. The van der Waals surface area contributed by atoms with Gasteiger partial charge in [-0.3, -0.25) is 9.59 Å². The van der Waals surface area contributed by atoms with Crippen LogP contribution in [0, 0.1) is 0 Å². The zero-order valence-corrected chi connectivity index (χ0v) is 13.6. The van der Waals surface area contributed by atoms with Crippen LogP contribution in [0.4, 0.5) is 0 Å². The monoisotopic (exact) mass is 329 g/mol. The lowest BCUT2D eigenvalue weighted by molar-refractivity contribution is -0.116. The average molecular weight is 329 g/mol. The Labute approximate surface area is 138 Å². The molecule has 0 saturated heterocycles. The highest BCUT2D eigenvalue weighted by atomic mass is 32.2. The van der Waals surface area contributed by atoms with E-state index in [2.05, 4.69) is 5.32 Å². The minimum Gasteiger partial charge on any atom is -0.355 e. The van der Waals surface area contributed by atoms with Gasteiger partial charge in [-0.25, -0.2) is 0 Å². The van der Waals surface area contributed by atoms with Crippen LogP contribution in [0.25, 0.3) is 0 Å². The van der Waals surface area contributed by atoms with Crippen molar-refractivity contribution in [2.24, 2.45) is 0 Å². The van der Waals surface area contributed by atoms with Crippen molar-refractivity contribution < 1.29 is 9.59 Å². The maximum atomic E-state index is 12.1. The van der Waals surface area contributed by atoms with Crippen molar-refractivity contribution in [1.29, 1.82) is 0 Å². The van der Waals surface area contributed by atoms with E-state index in [9.17, 15) is 9.59 Å². The van der Waals surface area contributed by atoms with E-state index in [1.165, 1.54) is 23.5 Å². The van der Waals surface area contributed by atoms with Crippen LogP contribution in [0.3, 0.4) is 0 Å². The first-order valence-electron chi connectivity index (χ1n) is 6.62. The molecule has 0 atom stereocenters. The van der Waals surface area contributed by atoms with Gasteiger partial charge < -0.3 is 5.32 Å². The lowest BCUT2D eigenvalue weighted by Gasteiger charge is -2.10. The number of aldehydes is 1. The molecule has 2 aromatic rings. The highest BCUT2D eigenvalue weighted by Crippen LogP contribution is 2.35. The molecule has 0 aliphatic rings. The predicted octanol–water partition coefficient (Wildman–Crippen LogP) is 3.73. The van der Waals surface area contributed by atoms with Gasteiger partial charge in [0.25, 0.3) is 5.91 Å². The Bertz CT molecular complexity index is 670. The van der Waals surface area contributed by atoms with Gasteiger partial charge in [0.1, 0.15) is 0 Å². The summed E-state index contributed by atoms with van der Waals surface area (Å²) in [5.74, 6) is -0.264. The van der Waals surface area contributed by atoms with Gasteiger partial charge in [0.2, 0.25) is 0 Å². The smallest absolute Gasteiger partial charge is 0.259 e. The van der Waals surface area contributed by atoms with E-state index in [0.29, 0.717) is 9.81 Å². The van der Waals surface area contributed by atoms with Gasteiger partial charge in [0.15, 0.2) is 6.29 Å². The lowest BCUT2D eigenvalue weighted by atomic mass is 10.4. The van der Waals surface area contributed by atoms with Crippen LogP contribution in [-0.2, 0) is 9.59 Å². The Morgan fingerprint density at radius 2 is 1.41 bits per heavy atom. The quantitative estimate of drug-likeness (QED) is 0.498. The second kappa shape index (κ2) is 8.46. The number of hydrogen-bond acceptors (Lipinski definition) is 4. The molecule has 0 bridgehead atoms. The number of allylic oxidation sites excluding steroid dienone is 1. The standard InChI is InChI=1S/C17H15NO2S2/c1-18-17(20)16(22-14-10-6-3-7-11-14)15(12-19)21-13-8-4-2-5-9-13/h2-12H,1H3,(H,18,20)/b16-15-. The Hall–Kier alpha value is -1.98. The first-order valence-corrected chi connectivity index (χ1v) is 8.25. The number of hydrogen-bond donors (Lipinski definition) is 1. The van der Waals surface area contributed by atoms with Gasteiger partial charge in [-0.1, -0.05) is 59.9 Å². The first kappa shape index (κ1) is 16.4. The minimum absolute atomic E-state index is 0.264. The third-order valence-corrected chi connectivity index (χ3v) is 4.97. The van der Waals surface area contributed by atoms with Crippen LogP contribution in [0.5, 0.6) is 0 Å². The van der Waals surface area contributed by atoms with Gasteiger partial charge in [-0.2, -0.15) is 0 Å². The van der Waals surface area contributed by atoms with Crippen LogP contribution in [0.1, 0.15) is 0 Å². The van der Waals surface area contributed by atoms with Gasteiger partial charge in [-0.05, 0) is 24.3 Å². The van der Waals surface area contributed by atoms with E-state index < -0.39 is 0 Å². The molecule has 0 aliphatic heterocycles. The zero-order valence-electron chi connectivity index (χ0n) is 12.0. The van der Waals surface area contributed by atoms with Crippen LogP contribution in [0.2, 0.25) is 0 Å². The van der Waals surface area contributed by atoms with Gasteiger partial charge >= 0.3 is 0 Å². The second-order valence-electron chi connectivity index (χ2n) is 4.22. The SMILES string of the molecule is CNC(=O)/C(Sc1ccccc1)=C(\C=O)Sc1ccccc1. The third-order valence-electron chi connectivity index (χ3n) is 2.70. The molecule has 0 aliphatic carbocycles. The number of rotatable bonds is 6. The molecule has 2 aromatic carbocycles. The Balaban J connectivity index is 2.35. The molecule has 22 heavy (non-hydrogen) atoms. The Kier molecular flexibility index (Phi) is 6.30. The fourth-order valence-electron chi connectivity index (χ4n) is 1.67. The minimum atomic E-state index is -0.264. The summed E-state index contributed by atoms with van der Waals surface area (Å²) in [4.78, 5) is 26.3. The van der Waals surface area contributed by atoms with Crippen molar-refractivity contribution in [3.63, 3.8) is 0 Å². The molecule has 0 fully saturated rings. The molecule has 0 radical (unpaired) electrons. The summed E-state index contributed by atoms with van der Waals surface area (Å²) in [6, 6.07) is 19.0. The number of likely N-dealkylation sites (N-methyl/N-ethyl adjacent to an activating group) is 1. The van der Waals surface area contributed by atoms with E-state index in [1.807, 2.05) is 60.7 Å². The summed E-state index contributed by atoms with van der Waals surface area (Å²) in [6.45, 7) is 0. The normalized spacial score (nSPS) is 11.5. The number of carbonyl (C=O) groups is 2. The van der Waals surface area contributed by atoms with Crippen molar-refractivity contribution in [3.8, 4) is 0 Å². The summed E-state index contributed by atoms with van der Waals surface area (Å²) in [7, 11) is 1.56. The molecule has 0 unspecified atom stereocenters. The van der Waals surface area contributed by atoms with Crippen molar-refractivity contribution >= 4 is 35.7 Å². The molecule has 0 saturated carbocycles. The summed E-state index contributed by atoms with van der Waals surface area (Å²) < 4.78 is 0. The molecule has 1 N–H and O–H groups in total. The highest BCUT2D eigenvalue weighted by molar-refractivity contribution is 8.07. The molecular formula is C17H15NO2S2. The summed E-state index contributed by atoms with van der Waals surface area (Å²) in [5, 5.41) is 2.60. The number of thioether (sulfide) groups is 2. The van der Waals surface area contributed by atoms with E-state index in [4.69, 9.17) is 0 Å². The molecule has 2 rings (SSSR count). The van der Waals surface area contributed by atoms with Crippen molar-refractivity contribution in [2.75, 3.05) is 7.05 Å². The lowest BCUT2D eigenvalue weighted by Crippen LogP contribution is -2.19. The Morgan fingerprint density at radius 1 is 0.909 bits per heavy atom. The van der Waals surface area contributed by atoms with E-state index in [-0.39, 0.29) is 5.91 Å². The highest BCUT2D eigenvalue weighted by Gasteiger charge is 2.17. The fraction of sp³-hybridized carbons (Fsp3) is 0.0588. The topological polar surface area (TPSA) is 46.2 Å². The summed E-state index contributed by atoms with van der Waals surface area (Å²) in [5.41, 5.74) is 0. The fourth-order valence-corrected chi connectivity index (χ4v) is 3.57. The van der Waals surface area contributed by atoms with E-state index in [1.54, 1.807) is 7.05 Å². The Morgan fingerprint density at radius 3 is 1.86 bits per heavy atom. The van der Waals surface area contributed by atoms with Crippen LogP contribution >= 0.6 is 23.5 Å². The zero-order chi connectivity index (χ0) is 15.8. The average Bonchev–Trinajstić information content (AvgIpc) is 2.59. The maximum absolute atomic E-state index is 12.1. The molecule has 0 spiro atoms.